The molecule has 6 nitrogen and oxygen atoms in total. The third kappa shape index (κ3) is 4.58. The number of anilines is 2. The van der Waals surface area contributed by atoms with Gasteiger partial charge >= 0.3 is 11.5 Å². The van der Waals surface area contributed by atoms with Crippen LogP contribution in [-0.4, -0.2) is 47.6 Å². The lowest BCUT2D eigenvalue weighted by Crippen LogP contribution is -2.57. The van der Waals surface area contributed by atoms with Crippen LogP contribution in [0.4, 0.5) is 29.3 Å². The van der Waals surface area contributed by atoms with E-state index in [1.807, 2.05) is 30.3 Å². The van der Waals surface area contributed by atoms with Gasteiger partial charge in [-0.05, 0) is 61.0 Å². The minimum Gasteiger partial charge on any atom is -0.339 e. The zero-order valence-electron chi connectivity index (χ0n) is 16.5. The minimum atomic E-state index is -4.35. The Morgan fingerprint density at radius 3 is 2.29 bits per heavy atom. The fourth-order valence-corrected chi connectivity index (χ4v) is 4.59. The molecule has 2 saturated heterocycles. The number of carbonyl (C=O) groups excluding carboxylic acids is 2. The van der Waals surface area contributed by atoms with Crippen LogP contribution in [0.1, 0.15) is 12.8 Å². The zero-order chi connectivity index (χ0) is 22.1. The van der Waals surface area contributed by atoms with E-state index in [0.29, 0.717) is 38.3 Å². The molecule has 0 aromatic heterocycles. The normalized spacial score (nSPS) is 18.2. The second-order valence-corrected chi connectivity index (χ2v) is 8.59. The maximum absolute atomic E-state index is 12.7. The van der Waals surface area contributed by atoms with Gasteiger partial charge < -0.3 is 20.4 Å². The topological polar surface area (TPSA) is 64.7 Å². The summed E-state index contributed by atoms with van der Waals surface area (Å²) < 4.78 is 37.3. The molecule has 0 unspecified atom stereocenters. The zero-order valence-corrected chi connectivity index (χ0v) is 17.3. The van der Waals surface area contributed by atoms with Crippen LogP contribution in [-0.2, 0) is 4.79 Å². The van der Waals surface area contributed by atoms with Crippen LogP contribution < -0.4 is 15.5 Å². The van der Waals surface area contributed by atoms with Gasteiger partial charge in [0, 0.05) is 29.4 Å². The molecule has 0 atom stereocenters. The van der Waals surface area contributed by atoms with Gasteiger partial charge in [0.15, 0.2) is 0 Å². The summed E-state index contributed by atoms with van der Waals surface area (Å²) in [6.45, 7) is 1.21. The Bertz CT molecular complexity index is 945. The average molecular weight is 450 g/mol. The van der Waals surface area contributed by atoms with Crippen LogP contribution in [0.5, 0.6) is 0 Å². The van der Waals surface area contributed by atoms with Crippen LogP contribution in [0.2, 0.25) is 0 Å². The molecule has 2 aliphatic heterocycles. The maximum Gasteiger partial charge on any atom is 0.446 e. The molecule has 0 bridgehead atoms. The Kier molecular flexibility index (Phi) is 5.74. The number of carbonyl (C=O) groups is 2. The second kappa shape index (κ2) is 8.33. The lowest BCUT2D eigenvalue weighted by Gasteiger charge is -2.43. The summed E-state index contributed by atoms with van der Waals surface area (Å²) in [5.74, 6) is -0.0332. The molecular formula is C21H21F3N4O2S. The number of urea groups is 1. The fourth-order valence-electron chi connectivity index (χ4n) is 4.05. The van der Waals surface area contributed by atoms with Gasteiger partial charge in [-0.25, -0.2) is 4.79 Å². The van der Waals surface area contributed by atoms with Crippen molar-refractivity contribution >= 4 is 35.1 Å². The highest BCUT2D eigenvalue weighted by molar-refractivity contribution is 8.00. The number of hydrogen-bond acceptors (Lipinski definition) is 4. The number of para-hydroxylation sites is 1. The van der Waals surface area contributed by atoms with E-state index in [1.165, 1.54) is 24.3 Å². The first-order chi connectivity index (χ1) is 14.8. The van der Waals surface area contributed by atoms with E-state index in [-0.39, 0.29) is 28.6 Å². The Hall–Kier alpha value is -2.88. The van der Waals surface area contributed by atoms with Crippen molar-refractivity contribution in [2.45, 2.75) is 28.8 Å². The summed E-state index contributed by atoms with van der Waals surface area (Å²) in [4.78, 5) is 29.0. The number of piperidine rings is 1. The van der Waals surface area contributed by atoms with Gasteiger partial charge in [-0.15, -0.1) is 0 Å². The van der Waals surface area contributed by atoms with Crippen molar-refractivity contribution in [1.82, 2.24) is 10.2 Å². The average Bonchev–Trinajstić information content (AvgIpc) is 3.05. The van der Waals surface area contributed by atoms with Crippen molar-refractivity contribution in [2.75, 3.05) is 30.0 Å². The number of likely N-dealkylation sites (tertiary alicyclic amines) is 1. The Morgan fingerprint density at radius 2 is 1.68 bits per heavy atom. The molecule has 2 fully saturated rings. The molecule has 0 radical (unpaired) electrons. The van der Waals surface area contributed by atoms with Crippen molar-refractivity contribution in [1.29, 1.82) is 0 Å². The van der Waals surface area contributed by atoms with Gasteiger partial charge in [-0.3, -0.25) is 4.79 Å². The van der Waals surface area contributed by atoms with Gasteiger partial charge in [0.05, 0.1) is 6.67 Å². The monoisotopic (exact) mass is 450 g/mol. The lowest BCUT2D eigenvalue weighted by atomic mass is 9.85. The molecule has 164 valence electrons. The van der Waals surface area contributed by atoms with Gasteiger partial charge in [-0.1, -0.05) is 18.2 Å². The van der Waals surface area contributed by atoms with E-state index >= 15 is 0 Å². The van der Waals surface area contributed by atoms with Crippen molar-refractivity contribution in [3.63, 3.8) is 0 Å². The fraction of sp³-hybridized carbons (Fsp3) is 0.333. The van der Waals surface area contributed by atoms with Crippen LogP contribution in [0.3, 0.4) is 0 Å². The number of thioether (sulfide) groups is 1. The highest BCUT2D eigenvalue weighted by atomic mass is 32.2. The highest BCUT2D eigenvalue weighted by Gasteiger charge is 2.50. The standard InChI is InChI=1S/C21H21F3N4O2S/c22-21(23,24)31-17-8-6-15(7-9-17)26-19(30)27-12-10-20(11-13-27)18(29)25-14-28(20)16-4-2-1-3-5-16/h1-9H,10-14H2,(H,25,29)(H,26,30). The van der Waals surface area contributed by atoms with Crippen molar-refractivity contribution < 1.29 is 22.8 Å². The maximum atomic E-state index is 12.7. The van der Waals surface area contributed by atoms with E-state index in [0.717, 1.165) is 5.69 Å². The molecule has 2 aliphatic rings. The molecule has 2 aromatic rings. The molecule has 3 amide bonds. The number of benzene rings is 2. The Morgan fingerprint density at radius 1 is 1.03 bits per heavy atom. The Balaban J connectivity index is 1.38. The van der Waals surface area contributed by atoms with Crippen LogP contribution >= 0.6 is 11.8 Å². The molecule has 2 aromatic carbocycles. The van der Waals surface area contributed by atoms with Crippen molar-refractivity contribution in [3.8, 4) is 0 Å². The molecule has 31 heavy (non-hydrogen) atoms. The van der Waals surface area contributed by atoms with E-state index in [9.17, 15) is 22.8 Å². The van der Waals surface area contributed by atoms with Crippen LogP contribution in [0, 0.1) is 0 Å². The Labute approximate surface area is 181 Å². The SMILES string of the molecule is O=C(Nc1ccc(SC(F)(F)F)cc1)N1CCC2(CC1)C(=O)NCN2c1ccccc1. The van der Waals surface area contributed by atoms with E-state index < -0.39 is 11.0 Å². The summed E-state index contributed by atoms with van der Waals surface area (Å²) in [5.41, 5.74) is -3.67. The van der Waals surface area contributed by atoms with Crippen molar-refractivity contribution in [3.05, 3.63) is 54.6 Å². The first-order valence-electron chi connectivity index (χ1n) is 9.80. The largest absolute Gasteiger partial charge is 0.446 e. The van der Waals surface area contributed by atoms with E-state index in [4.69, 9.17) is 0 Å². The van der Waals surface area contributed by atoms with Crippen molar-refractivity contribution in [2.24, 2.45) is 0 Å². The van der Waals surface area contributed by atoms with Crippen LogP contribution in [0.25, 0.3) is 0 Å². The third-order valence-corrected chi connectivity index (χ3v) is 6.36. The highest BCUT2D eigenvalue weighted by Crippen LogP contribution is 2.38. The number of hydrogen-bond donors (Lipinski definition) is 2. The molecule has 10 heteroatoms. The quantitative estimate of drug-likeness (QED) is 0.686. The predicted octanol–water partition coefficient (Wildman–Crippen LogP) is 4.26. The molecule has 2 N–H and O–H groups in total. The van der Waals surface area contributed by atoms with Gasteiger partial charge in [0.2, 0.25) is 5.91 Å². The van der Waals surface area contributed by atoms with Gasteiger partial charge in [-0.2, -0.15) is 13.2 Å². The smallest absolute Gasteiger partial charge is 0.339 e. The number of nitrogens with zero attached hydrogens (tertiary/aromatic N) is 2. The number of rotatable bonds is 3. The summed E-state index contributed by atoms with van der Waals surface area (Å²) in [5, 5.41) is 5.64. The summed E-state index contributed by atoms with van der Waals surface area (Å²) in [6, 6.07) is 14.9. The summed E-state index contributed by atoms with van der Waals surface area (Å²) in [7, 11) is 0. The summed E-state index contributed by atoms with van der Waals surface area (Å²) >= 11 is -0.200. The van der Waals surface area contributed by atoms with E-state index in [2.05, 4.69) is 15.5 Å². The first-order valence-corrected chi connectivity index (χ1v) is 10.6. The number of amides is 3. The third-order valence-electron chi connectivity index (χ3n) is 5.62. The van der Waals surface area contributed by atoms with Gasteiger partial charge in [0.25, 0.3) is 0 Å². The van der Waals surface area contributed by atoms with Gasteiger partial charge in [0.1, 0.15) is 5.54 Å². The van der Waals surface area contributed by atoms with E-state index in [1.54, 1.807) is 4.90 Å². The molecule has 2 heterocycles. The molecule has 1 spiro atoms. The minimum absolute atomic E-state index is 0.0332. The van der Waals surface area contributed by atoms with Crippen LogP contribution in [0.15, 0.2) is 59.5 Å². The molecular weight excluding hydrogens is 429 g/mol. The molecule has 0 aliphatic carbocycles. The summed E-state index contributed by atoms with van der Waals surface area (Å²) in [6.07, 6.45) is 0.977. The number of halogens is 3. The molecule has 0 saturated carbocycles. The molecule has 4 rings (SSSR count). The second-order valence-electron chi connectivity index (χ2n) is 7.45. The lowest BCUT2D eigenvalue weighted by molar-refractivity contribution is -0.124. The number of alkyl halides is 3. The number of nitrogens with one attached hydrogen (secondary N) is 2. The predicted molar refractivity (Wildman–Crippen MR) is 113 cm³/mol. The first kappa shape index (κ1) is 21.4.